The van der Waals surface area contributed by atoms with Crippen molar-refractivity contribution >= 4 is 37.5 Å². The van der Waals surface area contributed by atoms with Crippen LogP contribution in [0.3, 0.4) is 0 Å². The van der Waals surface area contributed by atoms with Gasteiger partial charge in [-0.3, -0.25) is 0 Å². The first-order chi connectivity index (χ1) is 6.11. The fourth-order valence-corrected chi connectivity index (χ4v) is 2.25. The molecule has 0 heterocycles. The number of nitrogen functional groups attached to an aromatic ring is 1. The highest BCUT2D eigenvalue weighted by atomic mass is 79.9. The first kappa shape index (κ1) is 10.4. The zero-order valence-electron chi connectivity index (χ0n) is 6.77. The molecule has 2 N–H and O–H groups in total. The molecule has 1 rings (SSSR count). The van der Waals surface area contributed by atoms with Gasteiger partial charge in [0.1, 0.15) is 11.6 Å². The molecule has 0 radical (unpaired) electrons. The molecule has 0 bridgehead atoms. The average molecular weight is 306 g/mol. The SMILES string of the molecule is COc1c(Br)cc(Br)c(N)c1C#N. The first-order valence-electron chi connectivity index (χ1n) is 3.33. The Morgan fingerprint density at radius 2 is 2.08 bits per heavy atom. The summed E-state index contributed by atoms with van der Waals surface area (Å²) in [6.07, 6.45) is 0. The molecule has 5 heteroatoms. The number of hydrogen-bond donors (Lipinski definition) is 1. The van der Waals surface area contributed by atoms with Crippen molar-refractivity contribution in [2.75, 3.05) is 12.8 Å². The first-order valence-corrected chi connectivity index (χ1v) is 4.92. The summed E-state index contributed by atoms with van der Waals surface area (Å²) in [5.74, 6) is 0.461. The van der Waals surface area contributed by atoms with E-state index < -0.39 is 0 Å². The number of anilines is 1. The Hall–Kier alpha value is -0.730. The molecule has 0 saturated carbocycles. The Morgan fingerprint density at radius 1 is 1.46 bits per heavy atom. The Morgan fingerprint density at radius 3 is 2.54 bits per heavy atom. The van der Waals surface area contributed by atoms with Crippen LogP contribution < -0.4 is 10.5 Å². The van der Waals surface area contributed by atoms with E-state index in [1.165, 1.54) is 7.11 Å². The van der Waals surface area contributed by atoms with E-state index in [4.69, 9.17) is 15.7 Å². The molecule has 13 heavy (non-hydrogen) atoms. The van der Waals surface area contributed by atoms with Crippen molar-refractivity contribution in [3.8, 4) is 11.8 Å². The highest BCUT2D eigenvalue weighted by Crippen LogP contribution is 2.37. The number of ether oxygens (including phenoxy) is 1. The topological polar surface area (TPSA) is 59.0 Å². The van der Waals surface area contributed by atoms with Crippen LogP contribution in [0.15, 0.2) is 15.0 Å². The van der Waals surface area contributed by atoms with Gasteiger partial charge in [0.05, 0.1) is 17.3 Å². The van der Waals surface area contributed by atoms with Gasteiger partial charge in [-0.25, -0.2) is 0 Å². The van der Waals surface area contributed by atoms with Gasteiger partial charge in [-0.05, 0) is 37.9 Å². The summed E-state index contributed by atoms with van der Waals surface area (Å²) in [5, 5.41) is 8.83. The van der Waals surface area contributed by atoms with E-state index in [9.17, 15) is 0 Å². The maximum Gasteiger partial charge on any atom is 0.152 e. The molecule has 0 atom stereocenters. The minimum absolute atomic E-state index is 0.337. The van der Waals surface area contributed by atoms with Gasteiger partial charge < -0.3 is 10.5 Å². The zero-order chi connectivity index (χ0) is 10.0. The smallest absolute Gasteiger partial charge is 0.152 e. The lowest BCUT2D eigenvalue weighted by atomic mass is 10.2. The van der Waals surface area contributed by atoms with Crippen molar-refractivity contribution in [3.63, 3.8) is 0 Å². The summed E-state index contributed by atoms with van der Waals surface area (Å²) in [6, 6.07) is 3.73. The number of nitrogens with zero attached hydrogens (tertiary/aromatic N) is 1. The molecular weight excluding hydrogens is 300 g/mol. The van der Waals surface area contributed by atoms with Crippen molar-refractivity contribution in [1.29, 1.82) is 5.26 Å². The second-order valence-electron chi connectivity index (χ2n) is 2.27. The van der Waals surface area contributed by atoms with E-state index in [1.807, 2.05) is 6.07 Å². The van der Waals surface area contributed by atoms with E-state index in [0.29, 0.717) is 25.9 Å². The van der Waals surface area contributed by atoms with Crippen molar-refractivity contribution in [2.24, 2.45) is 0 Å². The summed E-state index contributed by atoms with van der Waals surface area (Å²) < 4.78 is 6.41. The third-order valence-electron chi connectivity index (χ3n) is 1.54. The summed E-state index contributed by atoms with van der Waals surface area (Å²) in [4.78, 5) is 0. The largest absolute Gasteiger partial charge is 0.494 e. The van der Waals surface area contributed by atoms with Crippen LogP contribution in [0.4, 0.5) is 5.69 Å². The third-order valence-corrected chi connectivity index (χ3v) is 2.79. The molecule has 0 aliphatic rings. The molecule has 0 amide bonds. The fourth-order valence-electron chi connectivity index (χ4n) is 0.926. The molecule has 1 aromatic carbocycles. The van der Waals surface area contributed by atoms with Crippen LogP contribution in [0.5, 0.6) is 5.75 Å². The van der Waals surface area contributed by atoms with E-state index >= 15 is 0 Å². The van der Waals surface area contributed by atoms with Gasteiger partial charge in [0, 0.05) is 4.47 Å². The number of methoxy groups -OCH3 is 1. The number of halogens is 2. The van der Waals surface area contributed by atoms with E-state index in [1.54, 1.807) is 6.07 Å². The number of rotatable bonds is 1. The number of benzene rings is 1. The Kier molecular flexibility index (Phi) is 3.17. The zero-order valence-corrected chi connectivity index (χ0v) is 9.94. The van der Waals surface area contributed by atoms with Crippen LogP contribution in [0.2, 0.25) is 0 Å². The van der Waals surface area contributed by atoms with Gasteiger partial charge in [0.2, 0.25) is 0 Å². The summed E-state index contributed by atoms with van der Waals surface area (Å²) >= 11 is 6.51. The highest BCUT2D eigenvalue weighted by Gasteiger charge is 2.13. The summed E-state index contributed by atoms with van der Waals surface area (Å²) in [7, 11) is 1.49. The molecule has 0 aromatic heterocycles. The normalized spacial score (nSPS) is 9.38. The Balaban J connectivity index is 3.53. The van der Waals surface area contributed by atoms with Crippen LogP contribution in [0.1, 0.15) is 5.56 Å². The fraction of sp³-hybridized carbons (Fsp3) is 0.125. The minimum atomic E-state index is 0.337. The molecular formula is C8H6Br2N2O. The summed E-state index contributed by atoms with van der Waals surface area (Å²) in [5.41, 5.74) is 6.40. The van der Waals surface area contributed by atoms with Crippen LogP contribution in [-0.2, 0) is 0 Å². The van der Waals surface area contributed by atoms with E-state index in [0.717, 1.165) is 0 Å². The molecule has 68 valence electrons. The maximum absolute atomic E-state index is 8.83. The minimum Gasteiger partial charge on any atom is -0.494 e. The molecule has 0 unspecified atom stereocenters. The lowest BCUT2D eigenvalue weighted by Crippen LogP contribution is -1.97. The molecule has 0 spiro atoms. The van der Waals surface area contributed by atoms with Gasteiger partial charge in [0.25, 0.3) is 0 Å². The van der Waals surface area contributed by atoms with Crippen LogP contribution in [0, 0.1) is 11.3 Å². The van der Waals surface area contributed by atoms with Gasteiger partial charge in [-0.1, -0.05) is 0 Å². The monoisotopic (exact) mass is 304 g/mol. The third kappa shape index (κ3) is 1.79. The molecule has 0 aliphatic carbocycles. The Bertz CT molecular complexity index is 385. The quantitative estimate of drug-likeness (QED) is 0.812. The van der Waals surface area contributed by atoms with Crippen LogP contribution >= 0.6 is 31.9 Å². The van der Waals surface area contributed by atoms with E-state index in [2.05, 4.69) is 31.9 Å². The predicted octanol–water partition coefficient (Wildman–Crippen LogP) is 2.67. The molecule has 1 aromatic rings. The molecule has 0 saturated heterocycles. The van der Waals surface area contributed by atoms with Crippen LogP contribution in [0.25, 0.3) is 0 Å². The van der Waals surface area contributed by atoms with Crippen molar-refractivity contribution < 1.29 is 4.74 Å². The predicted molar refractivity (Wildman–Crippen MR) is 57.5 cm³/mol. The summed E-state index contributed by atoms with van der Waals surface area (Å²) in [6.45, 7) is 0. The standard InChI is InChI=1S/C8H6Br2N2O/c1-13-8-4(3-11)7(12)5(9)2-6(8)10/h2H,12H2,1H3. The molecule has 0 aliphatic heterocycles. The number of nitrogens with two attached hydrogens (primary N) is 1. The van der Waals surface area contributed by atoms with Crippen molar-refractivity contribution in [1.82, 2.24) is 0 Å². The second-order valence-corrected chi connectivity index (χ2v) is 3.98. The van der Waals surface area contributed by atoms with Gasteiger partial charge in [-0.15, -0.1) is 0 Å². The number of nitriles is 1. The second kappa shape index (κ2) is 3.99. The molecule has 0 fully saturated rings. The lowest BCUT2D eigenvalue weighted by Gasteiger charge is -2.08. The highest BCUT2D eigenvalue weighted by molar-refractivity contribution is 9.11. The average Bonchev–Trinajstić information content (AvgIpc) is 2.10. The Labute approximate surface area is 92.7 Å². The van der Waals surface area contributed by atoms with Gasteiger partial charge in [-0.2, -0.15) is 5.26 Å². The van der Waals surface area contributed by atoms with E-state index in [-0.39, 0.29) is 0 Å². The van der Waals surface area contributed by atoms with Gasteiger partial charge in [0.15, 0.2) is 5.75 Å². The van der Waals surface area contributed by atoms with Gasteiger partial charge >= 0.3 is 0 Å². The van der Waals surface area contributed by atoms with Crippen LogP contribution in [-0.4, -0.2) is 7.11 Å². The number of hydrogen-bond acceptors (Lipinski definition) is 3. The van der Waals surface area contributed by atoms with Crippen molar-refractivity contribution in [2.45, 2.75) is 0 Å². The maximum atomic E-state index is 8.83. The lowest BCUT2D eigenvalue weighted by molar-refractivity contribution is 0.411. The van der Waals surface area contributed by atoms with Crippen molar-refractivity contribution in [3.05, 3.63) is 20.6 Å². The molecule has 3 nitrogen and oxygen atoms in total.